The van der Waals surface area contributed by atoms with Crippen LogP contribution in [0.1, 0.15) is 11.7 Å². The molecule has 0 saturated carbocycles. The fraction of sp³-hybridized carbons (Fsp3) is 0.0625. The van der Waals surface area contributed by atoms with E-state index in [4.69, 9.17) is 10.5 Å². The Morgan fingerprint density at radius 2 is 1.62 bits per heavy atom. The Bertz CT molecular complexity index is 893. The van der Waals surface area contributed by atoms with Gasteiger partial charge in [0.1, 0.15) is 0 Å². The number of nitrogens with one attached hydrogen (secondary N) is 1. The Morgan fingerprint density at radius 3 is 2.25 bits per heavy atom. The van der Waals surface area contributed by atoms with Crippen LogP contribution in [-0.2, 0) is 14.8 Å². The first-order valence-electron chi connectivity index (χ1n) is 7.04. The van der Waals surface area contributed by atoms with E-state index in [1.807, 2.05) is 6.07 Å². The van der Waals surface area contributed by atoms with E-state index < -0.39 is 16.1 Å². The third-order valence-corrected chi connectivity index (χ3v) is 4.64. The zero-order valence-electron chi connectivity index (χ0n) is 12.5. The number of benzene rings is 2. The van der Waals surface area contributed by atoms with Crippen LogP contribution in [0, 0.1) is 0 Å². The highest BCUT2D eigenvalue weighted by molar-refractivity contribution is 7.89. The number of aliphatic hydroxyl groups is 1. The van der Waals surface area contributed by atoms with Crippen LogP contribution in [-0.4, -0.2) is 19.2 Å². The SMILES string of the molecule is NC1=C(O)/C(=N\NS(=O)(=O)c2ccccc2)C(c2ccccc2)O1. The molecule has 24 heavy (non-hydrogen) atoms. The first-order chi connectivity index (χ1) is 11.5. The molecular weight excluding hydrogens is 330 g/mol. The van der Waals surface area contributed by atoms with Gasteiger partial charge in [-0.05, 0) is 17.7 Å². The molecule has 4 N–H and O–H groups in total. The molecule has 2 aromatic carbocycles. The lowest BCUT2D eigenvalue weighted by atomic mass is 10.1. The molecule has 0 spiro atoms. The number of ether oxygens (including phenoxy) is 1. The van der Waals surface area contributed by atoms with Gasteiger partial charge in [0.15, 0.2) is 11.8 Å². The zero-order chi connectivity index (χ0) is 17.2. The van der Waals surface area contributed by atoms with Crippen molar-refractivity contribution in [2.24, 2.45) is 10.8 Å². The van der Waals surface area contributed by atoms with Crippen molar-refractivity contribution in [3.8, 4) is 0 Å². The van der Waals surface area contributed by atoms with E-state index in [2.05, 4.69) is 9.93 Å². The Balaban J connectivity index is 1.92. The molecule has 0 radical (unpaired) electrons. The monoisotopic (exact) mass is 345 g/mol. The number of aliphatic hydroxyl groups excluding tert-OH is 1. The minimum absolute atomic E-state index is 0.00166. The van der Waals surface area contributed by atoms with Gasteiger partial charge in [-0.2, -0.15) is 18.4 Å². The van der Waals surface area contributed by atoms with Crippen LogP contribution in [0.5, 0.6) is 0 Å². The van der Waals surface area contributed by atoms with Crippen LogP contribution < -0.4 is 10.6 Å². The molecule has 7 nitrogen and oxygen atoms in total. The highest BCUT2D eigenvalue weighted by Gasteiger charge is 2.34. The Hall–Kier alpha value is -3.00. The van der Waals surface area contributed by atoms with E-state index in [1.54, 1.807) is 42.5 Å². The van der Waals surface area contributed by atoms with Gasteiger partial charge in [-0.15, -0.1) is 0 Å². The molecule has 1 heterocycles. The van der Waals surface area contributed by atoms with Gasteiger partial charge in [-0.3, -0.25) is 0 Å². The van der Waals surface area contributed by atoms with E-state index in [0.29, 0.717) is 5.56 Å². The van der Waals surface area contributed by atoms with Crippen LogP contribution in [0.15, 0.2) is 82.3 Å². The van der Waals surface area contributed by atoms with Gasteiger partial charge in [0.2, 0.25) is 11.6 Å². The summed E-state index contributed by atoms with van der Waals surface area (Å²) in [5.74, 6) is -0.596. The van der Waals surface area contributed by atoms with Gasteiger partial charge in [0.05, 0.1) is 4.90 Å². The molecule has 0 bridgehead atoms. The largest absolute Gasteiger partial charge is 0.502 e. The number of hydrazone groups is 1. The topological polar surface area (TPSA) is 114 Å². The molecule has 1 unspecified atom stereocenters. The summed E-state index contributed by atoms with van der Waals surface area (Å²) in [6.45, 7) is 0. The summed E-state index contributed by atoms with van der Waals surface area (Å²) in [4.78, 5) is 2.15. The number of nitrogens with zero attached hydrogens (tertiary/aromatic N) is 1. The van der Waals surface area contributed by atoms with Crippen LogP contribution >= 0.6 is 0 Å². The minimum atomic E-state index is -3.86. The van der Waals surface area contributed by atoms with Crippen molar-refractivity contribution in [1.29, 1.82) is 0 Å². The van der Waals surface area contributed by atoms with Gasteiger partial charge in [-0.1, -0.05) is 48.5 Å². The lowest BCUT2D eigenvalue weighted by molar-refractivity contribution is 0.179. The van der Waals surface area contributed by atoms with Gasteiger partial charge < -0.3 is 15.6 Å². The van der Waals surface area contributed by atoms with Gasteiger partial charge in [0, 0.05) is 0 Å². The molecule has 0 aliphatic carbocycles. The van der Waals surface area contributed by atoms with Crippen molar-refractivity contribution in [2.75, 3.05) is 0 Å². The molecule has 1 atom stereocenters. The Morgan fingerprint density at radius 1 is 1.04 bits per heavy atom. The quantitative estimate of drug-likeness (QED) is 0.731. The predicted molar refractivity (Wildman–Crippen MR) is 88.3 cm³/mol. The number of sulfonamides is 1. The van der Waals surface area contributed by atoms with Crippen LogP contribution in [0.3, 0.4) is 0 Å². The van der Waals surface area contributed by atoms with Gasteiger partial charge in [0.25, 0.3) is 10.0 Å². The minimum Gasteiger partial charge on any atom is -0.502 e. The molecule has 124 valence electrons. The van der Waals surface area contributed by atoms with Gasteiger partial charge >= 0.3 is 0 Å². The fourth-order valence-corrected chi connectivity index (χ4v) is 3.06. The van der Waals surface area contributed by atoms with E-state index in [-0.39, 0.29) is 22.2 Å². The molecular formula is C16H15N3O4S. The summed E-state index contributed by atoms with van der Waals surface area (Å²) < 4.78 is 29.8. The highest BCUT2D eigenvalue weighted by atomic mass is 32.2. The number of nitrogens with two attached hydrogens (primary N) is 1. The van der Waals surface area contributed by atoms with Gasteiger partial charge in [-0.25, -0.2) is 0 Å². The van der Waals surface area contributed by atoms with Crippen molar-refractivity contribution in [3.05, 3.63) is 77.9 Å². The Kier molecular flexibility index (Phi) is 4.13. The van der Waals surface area contributed by atoms with Crippen molar-refractivity contribution >= 4 is 15.7 Å². The van der Waals surface area contributed by atoms with Crippen molar-refractivity contribution in [1.82, 2.24) is 4.83 Å². The molecule has 8 heteroatoms. The summed E-state index contributed by atoms with van der Waals surface area (Å²) >= 11 is 0. The molecule has 2 aromatic rings. The van der Waals surface area contributed by atoms with E-state index in [1.165, 1.54) is 12.1 Å². The molecule has 0 amide bonds. The first kappa shape index (κ1) is 15.9. The highest BCUT2D eigenvalue weighted by Crippen LogP contribution is 2.30. The van der Waals surface area contributed by atoms with Crippen molar-refractivity contribution < 1.29 is 18.3 Å². The summed E-state index contributed by atoms with van der Waals surface area (Å²) in [6.07, 6.45) is -0.787. The lowest BCUT2D eigenvalue weighted by Gasteiger charge is -2.12. The maximum atomic E-state index is 12.2. The second-order valence-corrected chi connectivity index (χ2v) is 6.69. The third-order valence-electron chi connectivity index (χ3n) is 3.41. The van der Waals surface area contributed by atoms with Crippen LogP contribution in [0.2, 0.25) is 0 Å². The second-order valence-electron chi connectivity index (χ2n) is 5.03. The van der Waals surface area contributed by atoms with Crippen molar-refractivity contribution in [3.63, 3.8) is 0 Å². The van der Waals surface area contributed by atoms with E-state index >= 15 is 0 Å². The maximum Gasteiger partial charge on any atom is 0.276 e. The van der Waals surface area contributed by atoms with Crippen molar-refractivity contribution in [2.45, 2.75) is 11.0 Å². The van der Waals surface area contributed by atoms with E-state index in [0.717, 1.165) is 0 Å². The Labute approximate surface area is 139 Å². The number of hydrogen-bond acceptors (Lipinski definition) is 6. The predicted octanol–water partition coefficient (Wildman–Crippen LogP) is 1.78. The smallest absolute Gasteiger partial charge is 0.276 e. The molecule has 1 aliphatic rings. The molecule has 0 aromatic heterocycles. The molecule has 0 fully saturated rings. The zero-order valence-corrected chi connectivity index (χ0v) is 13.3. The fourth-order valence-electron chi connectivity index (χ4n) is 2.22. The first-order valence-corrected chi connectivity index (χ1v) is 8.52. The van der Waals surface area contributed by atoms with Crippen LogP contribution in [0.25, 0.3) is 0 Å². The maximum absolute atomic E-state index is 12.2. The lowest BCUT2D eigenvalue weighted by Crippen LogP contribution is -2.22. The average molecular weight is 345 g/mol. The summed E-state index contributed by atoms with van der Waals surface area (Å²) in [5.41, 5.74) is 6.28. The standard InChI is InChI=1S/C16H15N3O4S/c17-16-14(20)13(15(23-16)11-7-3-1-4-8-11)18-19-24(21,22)12-9-5-2-6-10-12/h1-10,15,19-20H,17H2/b18-13+. The number of rotatable bonds is 4. The average Bonchev–Trinajstić information content (AvgIpc) is 2.89. The molecule has 0 saturated heterocycles. The molecule has 1 aliphatic heterocycles. The normalized spacial score (nSPS) is 19.3. The third kappa shape index (κ3) is 3.04. The summed E-state index contributed by atoms with van der Waals surface area (Å²) in [5, 5.41) is 13.8. The second kappa shape index (κ2) is 6.25. The molecule has 3 rings (SSSR count). The summed E-state index contributed by atoms with van der Waals surface area (Å²) in [7, 11) is -3.86. The summed E-state index contributed by atoms with van der Waals surface area (Å²) in [6, 6.07) is 16.7. The van der Waals surface area contributed by atoms with Crippen LogP contribution in [0.4, 0.5) is 0 Å². The van der Waals surface area contributed by atoms with E-state index in [9.17, 15) is 13.5 Å². The number of hydrogen-bond donors (Lipinski definition) is 3.